The maximum absolute atomic E-state index is 11.2. The molecule has 1 aromatic carbocycles. The van der Waals surface area contributed by atoms with Crippen LogP contribution in [0.25, 0.3) is 0 Å². The lowest BCUT2D eigenvalue weighted by Crippen LogP contribution is -1.86. The van der Waals surface area contributed by atoms with Gasteiger partial charge in [-0.1, -0.05) is 12.1 Å². The predicted octanol–water partition coefficient (Wildman–Crippen LogP) is 2.28. The molecule has 2 N–H and O–H groups in total. The lowest BCUT2D eigenvalue weighted by molar-refractivity contribution is 0.350. The Morgan fingerprint density at radius 3 is 2.54 bits per heavy atom. The minimum absolute atomic E-state index is 0.499. The molecule has 0 amide bonds. The quantitative estimate of drug-likeness (QED) is 0.597. The van der Waals surface area contributed by atoms with E-state index in [0.29, 0.717) is 12.8 Å². The van der Waals surface area contributed by atoms with Gasteiger partial charge in [-0.2, -0.15) is 0 Å². The van der Waals surface area contributed by atoms with Crippen LogP contribution in [0.3, 0.4) is 0 Å². The zero-order valence-corrected chi connectivity index (χ0v) is 8.62. The van der Waals surface area contributed by atoms with Crippen molar-refractivity contribution in [3.8, 4) is 0 Å². The van der Waals surface area contributed by atoms with Gasteiger partial charge in [-0.05, 0) is 24.6 Å². The molecule has 1 atom stereocenters. The first-order chi connectivity index (χ1) is 6.22. The summed E-state index contributed by atoms with van der Waals surface area (Å²) >= 11 is 0. The monoisotopic (exact) mass is 199 g/mol. The Morgan fingerprint density at radius 2 is 2.00 bits per heavy atom. The summed E-state index contributed by atoms with van der Waals surface area (Å²) < 4.78 is 16.2. The molecule has 0 spiro atoms. The first-order valence-electron chi connectivity index (χ1n) is 4.22. The van der Waals surface area contributed by atoms with Gasteiger partial charge in [0.05, 0.1) is 6.61 Å². The molecule has 13 heavy (non-hydrogen) atoms. The largest absolute Gasteiger partial charge is 0.399 e. The van der Waals surface area contributed by atoms with Crippen molar-refractivity contribution in [3.63, 3.8) is 0 Å². The van der Waals surface area contributed by atoms with Crippen molar-refractivity contribution in [1.82, 2.24) is 0 Å². The number of anilines is 1. The van der Waals surface area contributed by atoms with Crippen LogP contribution in [0.4, 0.5) is 5.69 Å². The van der Waals surface area contributed by atoms with Crippen LogP contribution >= 0.6 is 8.03 Å². The van der Waals surface area contributed by atoms with Crippen LogP contribution in [0.2, 0.25) is 0 Å². The highest BCUT2D eigenvalue weighted by Crippen LogP contribution is 2.27. The fourth-order valence-corrected chi connectivity index (χ4v) is 2.01. The van der Waals surface area contributed by atoms with Crippen molar-refractivity contribution >= 4 is 13.7 Å². The molecular weight excluding hydrogens is 185 g/mol. The predicted molar refractivity (Wildman–Crippen MR) is 55.2 cm³/mol. The average molecular weight is 199 g/mol. The molecule has 1 rings (SSSR count). The van der Waals surface area contributed by atoms with Crippen molar-refractivity contribution in [2.45, 2.75) is 13.1 Å². The van der Waals surface area contributed by atoms with Gasteiger partial charge in [0.1, 0.15) is 0 Å². The smallest absolute Gasteiger partial charge is 0.195 e. The molecule has 0 aliphatic carbocycles. The first-order valence-corrected chi connectivity index (χ1v) is 5.74. The summed E-state index contributed by atoms with van der Waals surface area (Å²) in [7, 11) is -1.90. The van der Waals surface area contributed by atoms with E-state index in [2.05, 4.69) is 0 Å². The van der Waals surface area contributed by atoms with E-state index in [1.165, 1.54) is 0 Å². The Balaban J connectivity index is 2.54. The zero-order valence-electron chi connectivity index (χ0n) is 7.62. The van der Waals surface area contributed by atoms with Crippen LogP contribution in [0.15, 0.2) is 24.3 Å². The average Bonchev–Trinajstić information content (AvgIpc) is 2.09. The van der Waals surface area contributed by atoms with Crippen LogP contribution in [0.1, 0.15) is 12.5 Å². The number of hydrogen-bond donors (Lipinski definition) is 1. The van der Waals surface area contributed by atoms with Gasteiger partial charge >= 0.3 is 0 Å². The van der Waals surface area contributed by atoms with Gasteiger partial charge in [0.25, 0.3) is 0 Å². The second kappa shape index (κ2) is 5.05. The molecule has 0 radical (unpaired) electrons. The molecule has 72 valence electrons. The standard InChI is InChI=1S/C9H14NO2P/c1-2-12-13(11)7-8-3-5-9(10)6-4-8/h3-6,13H,2,7,10H2,1H3. The van der Waals surface area contributed by atoms with Crippen LogP contribution in [0.5, 0.6) is 0 Å². The van der Waals surface area contributed by atoms with Crippen LogP contribution < -0.4 is 5.73 Å². The molecule has 0 fully saturated rings. The van der Waals surface area contributed by atoms with E-state index in [0.717, 1.165) is 11.3 Å². The highest BCUT2D eigenvalue weighted by Gasteiger charge is 1.99. The second-order valence-corrected chi connectivity index (χ2v) is 4.11. The molecule has 3 nitrogen and oxygen atoms in total. The van der Waals surface area contributed by atoms with Crippen molar-refractivity contribution in [2.24, 2.45) is 0 Å². The van der Waals surface area contributed by atoms with Crippen molar-refractivity contribution < 1.29 is 9.09 Å². The number of benzene rings is 1. The molecule has 0 bridgehead atoms. The molecule has 0 aliphatic rings. The molecular formula is C9H14NO2P. The minimum atomic E-state index is -1.90. The van der Waals surface area contributed by atoms with Gasteiger partial charge in [-0.3, -0.25) is 4.57 Å². The minimum Gasteiger partial charge on any atom is -0.399 e. The van der Waals surface area contributed by atoms with E-state index >= 15 is 0 Å². The summed E-state index contributed by atoms with van der Waals surface area (Å²) in [6.07, 6.45) is 0.499. The SMILES string of the molecule is CCO[PH](=O)Cc1ccc(N)cc1. The van der Waals surface area contributed by atoms with E-state index in [1.807, 2.05) is 19.1 Å². The third-order valence-electron chi connectivity index (χ3n) is 1.63. The molecule has 0 aliphatic heterocycles. The lowest BCUT2D eigenvalue weighted by Gasteiger charge is -2.02. The van der Waals surface area contributed by atoms with Gasteiger partial charge < -0.3 is 10.3 Å². The van der Waals surface area contributed by atoms with Crippen molar-refractivity contribution in [2.75, 3.05) is 12.3 Å². The van der Waals surface area contributed by atoms with E-state index in [4.69, 9.17) is 10.3 Å². The van der Waals surface area contributed by atoms with Gasteiger partial charge in [-0.15, -0.1) is 0 Å². The van der Waals surface area contributed by atoms with Crippen molar-refractivity contribution in [1.29, 1.82) is 0 Å². The first kappa shape index (κ1) is 10.3. The van der Waals surface area contributed by atoms with E-state index in [-0.39, 0.29) is 0 Å². The topological polar surface area (TPSA) is 52.3 Å². The number of nitrogens with two attached hydrogens (primary N) is 1. The maximum Gasteiger partial charge on any atom is 0.195 e. The summed E-state index contributed by atoms with van der Waals surface area (Å²) in [5, 5.41) is 0. The number of rotatable bonds is 4. The number of nitrogen functional groups attached to an aromatic ring is 1. The fourth-order valence-electron chi connectivity index (χ4n) is 1.01. The van der Waals surface area contributed by atoms with Gasteiger partial charge in [0.2, 0.25) is 0 Å². The second-order valence-electron chi connectivity index (χ2n) is 2.72. The molecule has 1 aromatic rings. The number of hydrogen-bond acceptors (Lipinski definition) is 3. The Morgan fingerprint density at radius 1 is 1.38 bits per heavy atom. The highest BCUT2D eigenvalue weighted by molar-refractivity contribution is 7.38. The molecule has 0 saturated carbocycles. The fraction of sp³-hybridized carbons (Fsp3) is 0.333. The normalized spacial score (nSPS) is 12.7. The zero-order chi connectivity index (χ0) is 9.68. The summed E-state index contributed by atoms with van der Waals surface area (Å²) in [5.41, 5.74) is 7.24. The summed E-state index contributed by atoms with van der Waals surface area (Å²) in [6.45, 7) is 2.35. The third-order valence-corrected chi connectivity index (χ3v) is 2.94. The van der Waals surface area contributed by atoms with Gasteiger partial charge in [0, 0.05) is 11.8 Å². The summed E-state index contributed by atoms with van der Waals surface area (Å²) in [5.74, 6) is 0. The van der Waals surface area contributed by atoms with E-state index in [1.54, 1.807) is 12.1 Å². The highest BCUT2D eigenvalue weighted by atomic mass is 31.1. The summed E-state index contributed by atoms with van der Waals surface area (Å²) in [4.78, 5) is 0. The molecule has 0 heterocycles. The van der Waals surface area contributed by atoms with Crippen LogP contribution in [-0.4, -0.2) is 6.61 Å². The summed E-state index contributed by atoms with van der Waals surface area (Å²) in [6, 6.07) is 7.35. The molecule has 4 heteroatoms. The van der Waals surface area contributed by atoms with Gasteiger partial charge in [0.15, 0.2) is 8.03 Å². The van der Waals surface area contributed by atoms with E-state index in [9.17, 15) is 4.57 Å². The lowest BCUT2D eigenvalue weighted by atomic mass is 10.2. The Labute approximate surface area is 78.8 Å². The Bertz CT molecular complexity index is 284. The van der Waals surface area contributed by atoms with Crippen LogP contribution in [-0.2, 0) is 15.3 Å². The van der Waals surface area contributed by atoms with Crippen molar-refractivity contribution in [3.05, 3.63) is 29.8 Å². The Hall–Kier alpha value is -0.790. The molecule has 0 aromatic heterocycles. The molecule has 1 unspecified atom stereocenters. The van der Waals surface area contributed by atoms with Crippen LogP contribution in [0, 0.1) is 0 Å². The third kappa shape index (κ3) is 3.62. The molecule has 0 saturated heterocycles. The Kier molecular flexibility index (Phi) is 4.00. The maximum atomic E-state index is 11.2. The van der Waals surface area contributed by atoms with Gasteiger partial charge in [-0.25, -0.2) is 0 Å². The van der Waals surface area contributed by atoms with E-state index < -0.39 is 8.03 Å².